The van der Waals surface area contributed by atoms with Crippen LogP contribution in [0.4, 0.5) is 5.69 Å². The van der Waals surface area contributed by atoms with Crippen molar-refractivity contribution in [2.75, 3.05) is 0 Å². The Balaban J connectivity index is 2.63. The summed E-state index contributed by atoms with van der Waals surface area (Å²) in [6, 6.07) is 6.49. The molecule has 2 rings (SSSR count). The van der Waals surface area contributed by atoms with E-state index in [1.54, 1.807) is 6.20 Å². The molecule has 1 heterocycles. The van der Waals surface area contributed by atoms with Gasteiger partial charge in [-0.15, -0.1) is 10.0 Å². The lowest BCUT2D eigenvalue weighted by atomic mass is 10.2. The Morgan fingerprint density at radius 2 is 2.33 bits per heavy atom. The maximum absolute atomic E-state index is 10.3. The van der Waals surface area contributed by atoms with Gasteiger partial charge in [0.2, 0.25) is 0 Å². The van der Waals surface area contributed by atoms with Crippen LogP contribution in [0.5, 0.6) is 0 Å². The van der Waals surface area contributed by atoms with Gasteiger partial charge in [0.05, 0.1) is 23.6 Å². The molecule has 0 saturated carbocycles. The van der Waals surface area contributed by atoms with E-state index >= 15 is 0 Å². The average Bonchev–Trinajstić information content (AvgIpc) is 2.81. The van der Waals surface area contributed by atoms with E-state index < -0.39 is 0 Å². The molecule has 0 unspecified atom stereocenters. The van der Waals surface area contributed by atoms with Crippen LogP contribution in [0.2, 0.25) is 0 Å². The van der Waals surface area contributed by atoms with Gasteiger partial charge >= 0.3 is 0 Å². The first kappa shape index (κ1) is 9.02. The normalized spacial score (nSPS) is 9.53. The fourth-order valence-electron chi connectivity index (χ4n) is 1.20. The van der Waals surface area contributed by atoms with Crippen molar-refractivity contribution in [2.24, 2.45) is 5.18 Å². The second-order valence-electron chi connectivity index (χ2n) is 2.75. The molecule has 0 aliphatic heterocycles. The summed E-state index contributed by atoms with van der Waals surface area (Å²) in [5.41, 5.74) is 1.15. The monoisotopic (exact) mass is 199 g/mol. The average molecular weight is 199 g/mol. The van der Waals surface area contributed by atoms with Gasteiger partial charge < -0.3 is 0 Å². The van der Waals surface area contributed by atoms with Crippen LogP contribution in [-0.4, -0.2) is 15.0 Å². The number of nitroso groups, excluding NO2 is 1. The predicted octanol–water partition coefficient (Wildman–Crippen LogP) is 1.54. The number of benzene rings is 1. The summed E-state index contributed by atoms with van der Waals surface area (Å²) in [4.78, 5) is 10.3. The van der Waals surface area contributed by atoms with E-state index in [1.807, 2.05) is 6.07 Å². The van der Waals surface area contributed by atoms with Gasteiger partial charge in [-0.2, -0.15) is 5.26 Å². The van der Waals surface area contributed by atoms with E-state index in [1.165, 1.54) is 29.1 Å². The van der Waals surface area contributed by atoms with Crippen molar-refractivity contribution < 1.29 is 0 Å². The van der Waals surface area contributed by atoms with Gasteiger partial charge in [-0.05, 0) is 23.4 Å². The number of nitriles is 1. The summed E-state index contributed by atoms with van der Waals surface area (Å²) < 4.78 is 1.41. The van der Waals surface area contributed by atoms with Crippen LogP contribution in [0.3, 0.4) is 0 Å². The molecule has 0 radical (unpaired) electrons. The highest BCUT2D eigenvalue weighted by atomic mass is 16.3. The van der Waals surface area contributed by atoms with Gasteiger partial charge in [0.25, 0.3) is 0 Å². The topological polar surface area (TPSA) is 83.9 Å². The number of aromatic nitrogens is 3. The minimum atomic E-state index is 0.250. The highest BCUT2D eigenvalue weighted by Gasteiger charge is 2.06. The van der Waals surface area contributed by atoms with Gasteiger partial charge in [-0.3, -0.25) is 0 Å². The molecule has 1 aromatic carbocycles. The first-order valence-corrected chi connectivity index (χ1v) is 4.09. The third-order valence-corrected chi connectivity index (χ3v) is 1.88. The Kier molecular flexibility index (Phi) is 2.21. The molecule has 2 aromatic rings. The molecule has 1 aromatic heterocycles. The van der Waals surface area contributed by atoms with Crippen LogP contribution >= 0.6 is 0 Å². The van der Waals surface area contributed by atoms with Crippen LogP contribution in [-0.2, 0) is 0 Å². The number of hydrogen-bond donors (Lipinski definition) is 0. The second kappa shape index (κ2) is 3.67. The molecule has 0 fully saturated rings. The van der Waals surface area contributed by atoms with Crippen molar-refractivity contribution >= 4 is 5.69 Å². The summed E-state index contributed by atoms with van der Waals surface area (Å²) in [5.74, 6) is 0. The van der Waals surface area contributed by atoms with Crippen LogP contribution in [0, 0.1) is 16.2 Å². The van der Waals surface area contributed by atoms with Gasteiger partial charge in [0.1, 0.15) is 11.8 Å². The van der Waals surface area contributed by atoms with E-state index in [-0.39, 0.29) is 5.69 Å². The third-order valence-electron chi connectivity index (χ3n) is 1.88. The van der Waals surface area contributed by atoms with Gasteiger partial charge in [-0.25, -0.2) is 4.68 Å². The number of rotatable bonds is 2. The summed E-state index contributed by atoms with van der Waals surface area (Å²) in [7, 11) is 0. The smallest absolute Gasteiger partial charge is 0.110 e. The minimum absolute atomic E-state index is 0.250. The maximum Gasteiger partial charge on any atom is 0.110 e. The zero-order chi connectivity index (χ0) is 10.7. The van der Waals surface area contributed by atoms with Crippen LogP contribution in [0.1, 0.15) is 5.56 Å². The molecule has 0 N–H and O–H groups in total. The maximum atomic E-state index is 10.3. The first-order chi connectivity index (χ1) is 7.35. The SMILES string of the molecule is N#Cc1ccc(N=O)cc1-n1ccnn1. The molecule has 0 spiro atoms. The molecule has 0 atom stereocenters. The van der Waals surface area contributed by atoms with Crippen molar-refractivity contribution in [3.8, 4) is 11.8 Å². The lowest BCUT2D eigenvalue weighted by molar-refractivity contribution is 0.801. The molecule has 6 heteroatoms. The number of hydrogen-bond acceptors (Lipinski definition) is 5. The van der Waals surface area contributed by atoms with Gasteiger partial charge in [-0.1, -0.05) is 5.21 Å². The van der Waals surface area contributed by atoms with Gasteiger partial charge in [0.15, 0.2) is 0 Å². The van der Waals surface area contributed by atoms with Crippen LogP contribution in [0.15, 0.2) is 35.8 Å². The minimum Gasteiger partial charge on any atom is -0.219 e. The molecule has 72 valence electrons. The number of nitrogens with zero attached hydrogens (tertiary/aromatic N) is 5. The Morgan fingerprint density at radius 3 is 2.93 bits per heavy atom. The summed E-state index contributed by atoms with van der Waals surface area (Å²) >= 11 is 0. The lowest BCUT2D eigenvalue weighted by Crippen LogP contribution is -1.98. The lowest BCUT2D eigenvalue weighted by Gasteiger charge is -2.02. The summed E-state index contributed by atoms with van der Waals surface area (Å²) in [6.07, 6.45) is 3.08. The zero-order valence-corrected chi connectivity index (χ0v) is 7.53. The second-order valence-corrected chi connectivity index (χ2v) is 2.75. The molecule has 6 nitrogen and oxygen atoms in total. The highest BCUT2D eigenvalue weighted by molar-refractivity contribution is 5.56. The Labute approximate surface area is 84.7 Å². The third kappa shape index (κ3) is 1.58. The molecular formula is C9H5N5O. The van der Waals surface area contributed by atoms with E-state index in [0.717, 1.165) is 0 Å². The quantitative estimate of drug-likeness (QED) is 0.686. The molecule has 15 heavy (non-hydrogen) atoms. The van der Waals surface area contributed by atoms with Crippen LogP contribution in [0.25, 0.3) is 5.69 Å². The van der Waals surface area contributed by atoms with E-state index in [9.17, 15) is 4.91 Å². The fourth-order valence-corrected chi connectivity index (χ4v) is 1.20. The fraction of sp³-hybridized carbons (Fsp3) is 0. The molecular weight excluding hydrogens is 194 g/mol. The van der Waals surface area contributed by atoms with Crippen molar-refractivity contribution in [2.45, 2.75) is 0 Å². The molecule has 0 saturated heterocycles. The molecule has 0 bridgehead atoms. The van der Waals surface area contributed by atoms with E-state index in [0.29, 0.717) is 11.3 Å². The Hall–Kier alpha value is -2.55. The largest absolute Gasteiger partial charge is 0.219 e. The molecule has 0 aliphatic carbocycles. The van der Waals surface area contributed by atoms with Crippen molar-refractivity contribution in [3.63, 3.8) is 0 Å². The first-order valence-electron chi connectivity index (χ1n) is 4.09. The molecule has 0 aliphatic rings. The van der Waals surface area contributed by atoms with E-state index in [4.69, 9.17) is 5.26 Å². The van der Waals surface area contributed by atoms with Crippen molar-refractivity contribution in [1.82, 2.24) is 15.0 Å². The molecule has 0 amide bonds. The van der Waals surface area contributed by atoms with Gasteiger partial charge in [0, 0.05) is 0 Å². The Morgan fingerprint density at radius 1 is 1.47 bits per heavy atom. The highest BCUT2D eigenvalue weighted by Crippen LogP contribution is 2.20. The van der Waals surface area contributed by atoms with E-state index in [2.05, 4.69) is 15.5 Å². The zero-order valence-electron chi connectivity index (χ0n) is 7.53. The van der Waals surface area contributed by atoms with Crippen molar-refractivity contribution in [3.05, 3.63) is 41.1 Å². The Bertz CT molecular complexity index is 526. The standard InChI is InChI=1S/C9H5N5O/c10-6-7-1-2-8(12-15)5-9(7)14-4-3-11-13-14/h1-5H. The van der Waals surface area contributed by atoms with Crippen molar-refractivity contribution in [1.29, 1.82) is 5.26 Å². The summed E-state index contributed by atoms with van der Waals surface area (Å²) in [6.45, 7) is 0. The van der Waals surface area contributed by atoms with Crippen LogP contribution < -0.4 is 0 Å². The predicted molar refractivity (Wildman–Crippen MR) is 51.5 cm³/mol. The summed E-state index contributed by atoms with van der Waals surface area (Å²) in [5, 5.41) is 19.0.